The van der Waals surface area contributed by atoms with Crippen LogP contribution in [0.3, 0.4) is 0 Å². The molecule has 0 N–H and O–H groups in total. The summed E-state index contributed by atoms with van der Waals surface area (Å²) in [6.45, 7) is 26.5. The number of hydrogen-bond acceptors (Lipinski definition) is 14. The number of nitrogens with zero attached hydrogens (tertiary/aromatic N) is 4. The lowest BCUT2D eigenvalue weighted by molar-refractivity contribution is -0.159. The molecule has 2 aromatic rings. The van der Waals surface area contributed by atoms with Gasteiger partial charge in [-0.3, -0.25) is 18.7 Å². The first-order chi connectivity index (χ1) is 27.9. The average molecular weight is 871 g/mol. The Labute approximate surface area is 349 Å². The van der Waals surface area contributed by atoms with Crippen LogP contribution in [0.4, 0.5) is 0 Å². The molecule has 17 nitrogen and oxygen atoms in total. The number of carbonyl (C=O) groups is 1. The average Bonchev–Trinajstić information content (AvgIpc) is 3.49. The summed E-state index contributed by atoms with van der Waals surface area (Å²) in [6.07, 6.45) is -6.06. The Morgan fingerprint density at radius 3 is 2.14 bits per heavy atom. The predicted octanol–water partition coefficient (Wildman–Crippen LogP) is 6.45. The van der Waals surface area contributed by atoms with E-state index in [1.165, 1.54) is 24.8 Å². The van der Waals surface area contributed by atoms with Crippen LogP contribution < -0.4 is 11.2 Å². The van der Waals surface area contributed by atoms with Gasteiger partial charge in [-0.05, 0) is 74.8 Å². The van der Waals surface area contributed by atoms with E-state index in [-0.39, 0.29) is 57.4 Å². The molecular formula is C40H64N4O13P2. The Bertz CT molecular complexity index is 1800. The highest BCUT2D eigenvalue weighted by molar-refractivity contribution is 7.54. The third kappa shape index (κ3) is 14.1. The predicted molar refractivity (Wildman–Crippen MR) is 223 cm³/mol. The zero-order valence-electron chi connectivity index (χ0n) is 36.5. The molecule has 1 aliphatic heterocycles. The Balaban J connectivity index is 2.32. The summed E-state index contributed by atoms with van der Waals surface area (Å²) in [5, 5.41) is 0. The fraction of sp³-hybridized carbons (Fsp3) is 0.700. The molecule has 1 aromatic carbocycles. The summed E-state index contributed by atoms with van der Waals surface area (Å²) in [5.41, 5.74) is -1.43. The molecule has 0 radical (unpaired) electrons. The van der Waals surface area contributed by atoms with Crippen molar-refractivity contribution < 1.29 is 51.1 Å². The second kappa shape index (κ2) is 24.0. The van der Waals surface area contributed by atoms with Crippen LogP contribution in [0.25, 0.3) is 4.85 Å². The van der Waals surface area contributed by atoms with Crippen LogP contribution in [0.2, 0.25) is 0 Å². The number of esters is 1. The minimum Gasteiger partial charge on any atom is -0.459 e. The standard InChI is InChI=1S/C40H64N4O13P2/c1-26(2)44(27(3)4)58(52-20-19-41-12)55-36-35(34(53-32(11)45)31(10)59(48,56-28(5)6)57-29(7)8)54-39(37(36)51-22-21-49-13)42-23-30(9)38(46)43(40(42)47)25-50-24-33-17-15-14-16-18-33/h14-18,23,26-29,31,34-37,39H,19-22,24-25H2,1-11,13H3/t31-,34-,35+,36+,37+,39+,58?/m0/s1. The molecular weight excluding hydrogens is 806 g/mol. The van der Waals surface area contributed by atoms with Crippen LogP contribution in [-0.2, 0) is 64.5 Å². The third-order valence-electron chi connectivity index (χ3n) is 8.98. The van der Waals surface area contributed by atoms with E-state index in [9.17, 15) is 18.9 Å². The van der Waals surface area contributed by atoms with Gasteiger partial charge in [0.2, 0.25) is 6.54 Å². The van der Waals surface area contributed by atoms with E-state index in [0.717, 1.165) is 10.1 Å². The van der Waals surface area contributed by atoms with Gasteiger partial charge in [0.05, 0.1) is 37.7 Å². The summed E-state index contributed by atoms with van der Waals surface area (Å²) >= 11 is 0. The van der Waals surface area contributed by atoms with E-state index >= 15 is 0 Å². The number of methoxy groups -OCH3 is 1. The maximum absolute atomic E-state index is 14.8. The fourth-order valence-electron chi connectivity index (χ4n) is 6.61. The smallest absolute Gasteiger partial charge is 0.337 e. The Kier molecular flexibility index (Phi) is 20.5. The largest absolute Gasteiger partial charge is 0.459 e. The highest BCUT2D eigenvalue weighted by Gasteiger charge is 2.57. The first-order valence-corrected chi connectivity index (χ1v) is 22.7. The maximum atomic E-state index is 14.8. The molecule has 19 heteroatoms. The molecule has 332 valence electrons. The van der Waals surface area contributed by atoms with Crippen molar-refractivity contribution >= 4 is 22.1 Å². The van der Waals surface area contributed by atoms with Crippen LogP contribution in [0.1, 0.15) is 86.6 Å². The molecule has 3 rings (SSSR count). The first kappa shape index (κ1) is 50.5. The molecule has 0 bridgehead atoms. The molecule has 1 saturated heterocycles. The molecule has 0 aliphatic carbocycles. The SMILES string of the molecule is [C-]#[N+]CCOP(O[C@@H]1[C@@H]([C@@H](OC(C)=O)[C@H](C)P(=O)(OC(C)C)OC(C)C)O[C@@H](n2cc(C)c(=O)n(COCc3ccccc3)c2=O)[C@@H]1OCCOC)N(C(C)C)C(C)C. The highest BCUT2D eigenvalue weighted by atomic mass is 31.2. The van der Waals surface area contributed by atoms with E-state index in [1.54, 1.807) is 41.5 Å². The number of benzene rings is 1. The molecule has 7 atom stereocenters. The summed E-state index contributed by atoms with van der Waals surface area (Å²) in [5.74, 6) is -0.719. The van der Waals surface area contributed by atoms with Gasteiger partial charge in [0, 0.05) is 37.9 Å². The molecule has 0 spiro atoms. The molecule has 2 heterocycles. The van der Waals surface area contributed by atoms with E-state index in [1.807, 2.05) is 62.7 Å². The first-order valence-electron chi connectivity index (χ1n) is 19.9. The molecule has 1 aromatic heterocycles. The minimum atomic E-state index is -4.10. The van der Waals surface area contributed by atoms with Crippen LogP contribution in [0, 0.1) is 13.5 Å². The molecule has 0 amide bonds. The fourth-order valence-corrected chi connectivity index (χ4v) is 10.6. The van der Waals surface area contributed by atoms with Gasteiger partial charge in [-0.2, -0.15) is 0 Å². The second-order valence-electron chi connectivity index (χ2n) is 15.3. The van der Waals surface area contributed by atoms with Gasteiger partial charge in [-0.25, -0.2) is 20.6 Å². The van der Waals surface area contributed by atoms with Gasteiger partial charge in [0.15, 0.2) is 6.23 Å². The second-order valence-corrected chi connectivity index (χ2v) is 19.0. The summed E-state index contributed by atoms with van der Waals surface area (Å²) in [7, 11) is -4.59. The highest BCUT2D eigenvalue weighted by Crippen LogP contribution is 2.59. The molecule has 0 saturated carbocycles. The Morgan fingerprint density at radius 2 is 1.59 bits per heavy atom. The molecule has 1 unspecified atom stereocenters. The van der Waals surface area contributed by atoms with Crippen molar-refractivity contribution in [2.45, 2.75) is 150 Å². The van der Waals surface area contributed by atoms with Crippen LogP contribution >= 0.6 is 16.1 Å². The number of carbonyl (C=O) groups excluding carboxylic acids is 1. The zero-order valence-corrected chi connectivity index (χ0v) is 38.3. The van der Waals surface area contributed by atoms with Gasteiger partial charge < -0.3 is 46.6 Å². The van der Waals surface area contributed by atoms with Crippen LogP contribution in [-0.4, -0.2) is 108 Å². The van der Waals surface area contributed by atoms with Gasteiger partial charge >= 0.3 is 19.3 Å². The minimum absolute atomic E-state index is 0.00888. The lowest BCUT2D eigenvalue weighted by Gasteiger charge is -2.40. The monoisotopic (exact) mass is 870 g/mol. The van der Waals surface area contributed by atoms with Crippen molar-refractivity contribution in [1.82, 2.24) is 13.8 Å². The van der Waals surface area contributed by atoms with Gasteiger partial charge in [0.25, 0.3) is 14.1 Å². The van der Waals surface area contributed by atoms with Crippen molar-refractivity contribution in [3.8, 4) is 0 Å². The van der Waals surface area contributed by atoms with Crippen molar-refractivity contribution in [1.29, 1.82) is 0 Å². The third-order valence-corrected chi connectivity index (χ3v) is 13.8. The molecule has 1 aliphatic rings. The van der Waals surface area contributed by atoms with E-state index in [2.05, 4.69) is 4.85 Å². The summed E-state index contributed by atoms with van der Waals surface area (Å²) in [4.78, 5) is 44.4. The lowest BCUT2D eigenvalue weighted by atomic mass is 10.0. The van der Waals surface area contributed by atoms with Gasteiger partial charge in [-0.1, -0.05) is 30.3 Å². The van der Waals surface area contributed by atoms with Crippen molar-refractivity contribution in [3.05, 3.63) is 79.9 Å². The number of aryl methyl sites for hydroxylation is 1. The topological polar surface area (TPSA) is 169 Å². The molecule has 1 fully saturated rings. The summed E-state index contributed by atoms with van der Waals surface area (Å²) < 4.78 is 74.8. The van der Waals surface area contributed by atoms with E-state index in [0.29, 0.717) is 0 Å². The van der Waals surface area contributed by atoms with Crippen molar-refractivity contribution in [3.63, 3.8) is 0 Å². The maximum Gasteiger partial charge on any atom is 0.337 e. The number of ether oxygens (including phenoxy) is 5. The summed E-state index contributed by atoms with van der Waals surface area (Å²) in [6, 6.07) is 9.10. The van der Waals surface area contributed by atoms with Gasteiger partial charge in [0.1, 0.15) is 37.8 Å². The number of rotatable bonds is 25. The molecule has 59 heavy (non-hydrogen) atoms. The van der Waals surface area contributed by atoms with Gasteiger partial charge in [-0.15, -0.1) is 0 Å². The Morgan fingerprint density at radius 1 is 0.966 bits per heavy atom. The zero-order chi connectivity index (χ0) is 44.0. The lowest BCUT2D eigenvalue weighted by Crippen LogP contribution is -2.49. The number of aromatic nitrogens is 2. The Hall–Kier alpha value is -2.84. The van der Waals surface area contributed by atoms with Crippen LogP contribution in [0.5, 0.6) is 0 Å². The van der Waals surface area contributed by atoms with Crippen LogP contribution in [0.15, 0.2) is 46.1 Å². The normalized spacial score (nSPS) is 20.1. The number of hydrogen-bond donors (Lipinski definition) is 0. The van der Waals surface area contributed by atoms with Crippen molar-refractivity contribution in [2.24, 2.45) is 0 Å². The van der Waals surface area contributed by atoms with E-state index < -0.39 is 81.9 Å². The quantitative estimate of drug-likeness (QED) is 0.0462. The van der Waals surface area contributed by atoms with Crippen molar-refractivity contribution in [2.75, 3.05) is 33.5 Å². The van der Waals surface area contributed by atoms with E-state index in [4.69, 9.17) is 48.4 Å².